The summed E-state index contributed by atoms with van der Waals surface area (Å²) < 4.78 is 22.3. The van der Waals surface area contributed by atoms with Crippen LogP contribution in [0.2, 0.25) is 0 Å². The van der Waals surface area contributed by atoms with Gasteiger partial charge in [0.15, 0.2) is 24.1 Å². The number of carbonyl (C=O) groups excluding carboxylic acids is 1. The summed E-state index contributed by atoms with van der Waals surface area (Å²) in [6, 6.07) is 18.6. The molecule has 1 amide bonds. The fourth-order valence-electron chi connectivity index (χ4n) is 3.46. The van der Waals surface area contributed by atoms with E-state index in [0.717, 1.165) is 0 Å². The quantitative estimate of drug-likeness (QED) is 0.338. The highest BCUT2D eigenvalue weighted by Crippen LogP contribution is 2.31. The third-order valence-corrected chi connectivity index (χ3v) is 5.14. The Bertz CT molecular complexity index is 1430. The van der Waals surface area contributed by atoms with Crippen LogP contribution in [0.3, 0.4) is 0 Å². The van der Waals surface area contributed by atoms with Gasteiger partial charge in [0, 0.05) is 6.07 Å². The van der Waals surface area contributed by atoms with Gasteiger partial charge in [-0.05, 0) is 36.8 Å². The monoisotopic (exact) mass is 489 g/mol. The minimum atomic E-state index is -1.21. The fraction of sp³-hybridized carbons (Fsp3) is 0.148. The van der Waals surface area contributed by atoms with Crippen molar-refractivity contribution in [2.75, 3.05) is 13.2 Å². The first kappa shape index (κ1) is 24.3. The molecule has 0 fully saturated rings. The standard InChI is InChI=1S/C27H23NO8/c1-2-33-20-10-6-7-11-21(20)36-23-15-35-22-14-18(12-13-19(22)26(23)30)34-16-24(29)28-25(27(31)32)17-8-4-3-5-9-17/h3-15,25H,2,16H2,1H3,(H,28,29)(H,31,32)/t25-/m0/s1. The molecule has 9 heteroatoms. The Morgan fingerprint density at radius 2 is 1.67 bits per heavy atom. The molecule has 4 aromatic rings. The molecule has 1 atom stereocenters. The van der Waals surface area contributed by atoms with E-state index in [1.54, 1.807) is 54.6 Å². The maximum Gasteiger partial charge on any atom is 0.330 e. The highest BCUT2D eigenvalue weighted by atomic mass is 16.5. The molecule has 0 spiro atoms. The van der Waals surface area contributed by atoms with Crippen LogP contribution in [0.25, 0.3) is 11.0 Å². The van der Waals surface area contributed by atoms with Crippen LogP contribution in [-0.2, 0) is 9.59 Å². The van der Waals surface area contributed by atoms with Gasteiger partial charge in [0.2, 0.25) is 11.2 Å². The zero-order chi connectivity index (χ0) is 25.5. The Hall–Kier alpha value is -4.79. The van der Waals surface area contributed by atoms with Gasteiger partial charge in [-0.3, -0.25) is 9.59 Å². The van der Waals surface area contributed by atoms with Gasteiger partial charge in [0.25, 0.3) is 5.91 Å². The number of hydrogen-bond acceptors (Lipinski definition) is 7. The predicted octanol–water partition coefficient (Wildman–Crippen LogP) is 4.30. The topological polar surface area (TPSA) is 124 Å². The van der Waals surface area contributed by atoms with Crippen LogP contribution in [0.4, 0.5) is 0 Å². The Morgan fingerprint density at radius 3 is 2.39 bits per heavy atom. The summed E-state index contributed by atoms with van der Waals surface area (Å²) in [5.41, 5.74) is 0.280. The lowest BCUT2D eigenvalue weighted by molar-refractivity contribution is -0.142. The van der Waals surface area contributed by atoms with Gasteiger partial charge in [-0.2, -0.15) is 0 Å². The van der Waals surface area contributed by atoms with Crippen LogP contribution in [0.15, 0.2) is 88.3 Å². The molecule has 184 valence electrons. The summed E-state index contributed by atoms with van der Waals surface area (Å²) >= 11 is 0. The van der Waals surface area contributed by atoms with E-state index >= 15 is 0 Å². The minimum Gasteiger partial charge on any atom is -0.490 e. The number of nitrogens with one attached hydrogen (secondary N) is 1. The van der Waals surface area contributed by atoms with Crippen molar-refractivity contribution in [1.82, 2.24) is 5.32 Å². The smallest absolute Gasteiger partial charge is 0.330 e. The van der Waals surface area contributed by atoms with Gasteiger partial charge in [-0.1, -0.05) is 42.5 Å². The molecule has 0 aliphatic rings. The molecule has 0 unspecified atom stereocenters. The molecule has 0 aliphatic carbocycles. The molecule has 0 saturated carbocycles. The van der Waals surface area contributed by atoms with E-state index in [1.807, 2.05) is 6.92 Å². The number of hydrogen-bond donors (Lipinski definition) is 2. The molecule has 0 bridgehead atoms. The van der Waals surface area contributed by atoms with Gasteiger partial charge in [-0.25, -0.2) is 4.79 Å². The molecule has 9 nitrogen and oxygen atoms in total. The van der Waals surface area contributed by atoms with Gasteiger partial charge in [-0.15, -0.1) is 0 Å². The third-order valence-electron chi connectivity index (χ3n) is 5.14. The average Bonchev–Trinajstić information content (AvgIpc) is 2.89. The van der Waals surface area contributed by atoms with Crippen molar-refractivity contribution in [1.29, 1.82) is 0 Å². The lowest BCUT2D eigenvalue weighted by Gasteiger charge is -2.15. The van der Waals surface area contributed by atoms with Crippen molar-refractivity contribution in [2.24, 2.45) is 0 Å². The molecule has 3 aromatic carbocycles. The minimum absolute atomic E-state index is 0.0108. The molecule has 0 aliphatic heterocycles. The average molecular weight is 489 g/mol. The lowest BCUT2D eigenvalue weighted by atomic mass is 10.1. The van der Waals surface area contributed by atoms with E-state index in [4.69, 9.17) is 18.6 Å². The number of para-hydroxylation sites is 2. The van der Waals surface area contributed by atoms with E-state index in [0.29, 0.717) is 23.7 Å². The highest BCUT2D eigenvalue weighted by Gasteiger charge is 2.22. The van der Waals surface area contributed by atoms with Crippen molar-refractivity contribution >= 4 is 22.8 Å². The van der Waals surface area contributed by atoms with Crippen molar-refractivity contribution in [3.05, 3.63) is 94.8 Å². The van der Waals surface area contributed by atoms with Crippen LogP contribution in [0.1, 0.15) is 18.5 Å². The summed E-state index contributed by atoms with van der Waals surface area (Å²) in [4.78, 5) is 36.8. The third kappa shape index (κ3) is 5.64. The van der Waals surface area contributed by atoms with Crippen molar-refractivity contribution in [3.63, 3.8) is 0 Å². The van der Waals surface area contributed by atoms with E-state index in [9.17, 15) is 19.5 Å². The molecule has 0 radical (unpaired) electrons. The summed E-state index contributed by atoms with van der Waals surface area (Å²) in [6.07, 6.45) is 1.20. The normalized spacial score (nSPS) is 11.5. The number of amides is 1. The van der Waals surface area contributed by atoms with Crippen molar-refractivity contribution in [3.8, 4) is 23.0 Å². The number of fused-ring (bicyclic) bond motifs is 1. The number of rotatable bonds is 10. The van der Waals surface area contributed by atoms with E-state index in [2.05, 4.69) is 5.32 Å². The largest absolute Gasteiger partial charge is 0.490 e. The summed E-state index contributed by atoms with van der Waals surface area (Å²) in [5, 5.41) is 12.1. The van der Waals surface area contributed by atoms with E-state index in [1.165, 1.54) is 24.5 Å². The maximum atomic E-state index is 12.9. The zero-order valence-electron chi connectivity index (χ0n) is 19.3. The summed E-state index contributed by atoms with van der Waals surface area (Å²) in [7, 11) is 0. The van der Waals surface area contributed by atoms with Crippen LogP contribution in [0, 0.1) is 0 Å². The number of carbonyl (C=O) groups is 2. The second-order valence-corrected chi connectivity index (χ2v) is 7.61. The van der Waals surface area contributed by atoms with E-state index < -0.39 is 24.5 Å². The maximum absolute atomic E-state index is 12.9. The van der Waals surface area contributed by atoms with E-state index in [-0.39, 0.29) is 27.9 Å². The molecule has 4 rings (SSSR count). The molecule has 1 heterocycles. The first-order valence-corrected chi connectivity index (χ1v) is 11.1. The van der Waals surface area contributed by atoms with Crippen LogP contribution in [0.5, 0.6) is 23.0 Å². The van der Waals surface area contributed by atoms with Gasteiger partial charge >= 0.3 is 5.97 Å². The number of benzene rings is 3. The number of carboxylic acid groups (broad SMARTS) is 1. The highest BCUT2D eigenvalue weighted by molar-refractivity contribution is 5.85. The van der Waals surface area contributed by atoms with Crippen LogP contribution >= 0.6 is 0 Å². The molecular formula is C27H23NO8. The number of carboxylic acids is 1. The predicted molar refractivity (Wildman–Crippen MR) is 131 cm³/mol. The first-order valence-electron chi connectivity index (χ1n) is 11.1. The van der Waals surface area contributed by atoms with Gasteiger partial charge in [0.05, 0.1) is 12.0 Å². The van der Waals surface area contributed by atoms with Gasteiger partial charge in [0.1, 0.15) is 17.6 Å². The SMILES string of the molecule is CCOc1ccccc1Oc1coc2cc(OCC(=O)N[C@H](C(=O)O)c3ccccc3)ccc2c1=O. The number of ether oxygens (including phenoxy) is 3. The Kier molecular flexibility index (Phi) is 7.50. The molecule has 36 heavy (non-hydrogen) atoms. The summed E-state index contributed by atoms with van der Waals surface area (Å²) in [6.45, 7) is 1.86. The second-order valence-electron chi connectivity index (χ2n) is 7.61. The molecular weight excluding hydrogens is 466 g/mol. The van der Waals surface area contributed by atoms with Crippen molar-refractivity contribution < 1.29 is 33.3 Å². The molecule has 1 aromatic heterocycles. The van der Waals surface area contributed by atoms with Crippen LogP contribution < -0.4 is 25.0 Å². The van der Waals surface area contributed by atoms with Crippen molar-refractivity contribution in [2.45, 2.75) is 13.0 Å². The first-order chi connectivity index (χ1) is 17.5. The molecule has 2 N–H and O–H groups in total. The number of aliphatic carboxylic acids is 1. The zero-order valence-corrected chi connectivity index (χ0v) is 19.3. The Labute approximate surface area is 205 Å². The molecule has 0 saturated heterocycles. The lowest BCUT2D eigenvalue weighted by Crippen LogP contribution is -2.36. The fourth-order valence-corrected chi connectivity index (χ4v) is 3.46. The Morgan fingerprint density at radius 1 is 0.944 bits per heavy atom. The Balaban J connectivity index is 1.45. The van der Waals surface area contributed by atoms with Crippen LogP contribution in [-0.4, -0.2) is 30.2 Å². The summed E-state index contributed by atoms with van der Waals surface area (Å²) in [5.74, 6) is -0.675. The second kappa shape index (κ2) is 11.1. The van der Waals surface area contributed by atoms with Gasteiger partial charge < -0.3 is 29.1 Å².